The maximum absolute atomic E-state index is 13.0. The highest BCUT2D eigenvalue weighted by atomic mass is 32.1. The highest BCUT2D eigenvalue weighted by Crippen LogP contribution is 2.29. The number of oxazole rings is 1. The maximum atomic E-state index is 13.0. The van der Waals surface area contributed by atoms with E-state index < -0.39 is 0 Å². The summed E-state index contributed by atoms with van der Waals surface area (Å²) in [7, 11) is 1.81. The van der Waals surface area contributed by atoms with Crippen LogP contribution in [0, 0.1) is 6.92 Å². The molecule has 140 valence electrons. The number of aromatic nitrogens is 1. The number of carbonyl (C=O) groups is 1. The predicted molar refractivity (Wildman–Crippen MR) is 112 cm³/mol. The van der Waals surface area contributed by atoms with Crippen LogP contribution in [-0.2, 0) is 6.54 Å². The number of carbonyl (C=O) groups excluding carboxylic acids is 1. The summed E-state index contributed by atoms with van der Waals surface area (Å²) in [4.78, 5) is 20.3. The Morgan fingerprint density at radius 3 is 2.61 bits per heavy atom. The summed E-state index contributed by atoms with van der Waals surface area (Å²) in [5.41, 5.74) is 3.43. The first-order chi connectivity index (χ1) is 13.6. The number of amides is 1. The Bertz CT molecular complexity index is 1080. The Hall–Kier alpha value is -3.18. The van der Waals surface area contributed by atoms with Crippen LogP contribution in [0.4, 0.5) is 0 Å². The topological polar surface area (TPSA) is 46.3 Å². The highest BCUT2D eigenvalue weighted by molar-refractivity contribution is 7.09. The van der Waals surface area contributed by atoms with Crippen LogP contribution >= 0.6 is 11.3 Å². The van der Waals surface area contributed by atoms with E-state index in [9.17, 15) is 4.79 Å². The zero-order valence-corrected chi connectivity index (χ0v) is 16.6. The van der Waals surface area contributed by atoms with Crippen LogP contribution in [0.1, 0.15) is 20.8 Å². The molecular formula is C23H20N2O2S. The van der Waals surface area contributed by atoms with Crippen LogP contribution in [0.2, 0.25) is 0 Å². The molecule has 0 N–H and O–H groups in total. The van der Waals surface area contributed by atoms with Crippen LogP contribution in [-0.4, -0.2) is 22.8 Å². The maximum Gasteiger partial charge on any atom is 0.254 e. The monoisotopic (exact) mass is 388 g/mol. The summed E-state index contributed by atoms with van der Waals surface area (Å²) in [5, 5.41) is 2.01. The fraction of sp³-hybridized carbons (Fsp3) is 0.130. The Kier molecular flexibility index (Phi) is 5.08. The van der Waals surface area contributed by atoms with Crippen LogP contribution in [0.15, 0.2) is 76.7 Å². The Morgan fingerprint density at radius 1 is 1.07 bits per heavy atom. The van der Waals surface area contributed by atoms with E-state index in [-0.39, 0.29) is 5.91 Å². The minimum Gasteiger partial charge on any atom is -0.436 e. The van der Waals surface area contributed by atoms with E-state index >= 15 is 0 Å². The summed E-state index contributed by atoms with van der Waals surface area (Å²) in [5.74, 6) is 1.08. The van der Waals surface area contributed by atoms with Crippen LogP contribution in [0.3, 0.4) is 0 Å². The molecule has 0 bridgehead atoms. The number of rotatable bonds is 5. The van der Waals surface area contributed by atoms with Crippen molar-refractivity contribution in [2.75, 3.05) is 7.05 Å². The number of thiophene rings is 1. The summed E-state index contributed by atoms with van der Waals surface area (Å²) in [6.07, 6.45) is 1.70. The second-order valence-corrected chi connectivity index (χ2v) is 7.71. The van der Waals surface area contributed by atoms with Gasteiger partial charge in [0.15, 0.2) is 5.76 Å². The van der Waals surface area contributed by atoms with Gasteiger partial charge in [-0.3, -0.25) is 4.79 Å². The minimum absolute atomic E-state index is 0.0564. The SMILES string of the molecule is Cc1ccc(-c2cnc(-c3ccccc3C(=O)N(C)Cc3cccs3)o2)cc1. The minimum atomic E-state index is -0.0564. The van der Waals surface area contributed by atoms with Gasteiger partial charge in [-0.15, -0.1) is 11.3 Å². The molecule has 2 heterocycles. The molecule has 0 radical (unpaired) electrons. The average molecular weight is 388 g/mol. The molecule has 4 rings (SSSR count). The van der Waals surface area contributed by atoms with Gasteiger partial charge in [-0.2, -0.15) is 0 Å². The normalized spacial score (nSPS) is 10.8. The lowest BCUT2D eigenvalue weighted by atomic mass is 10.1. The lowest BCUT2D eigenvalue weighted by Crippen LogP contribution is -2.26. The van der Waals surface area contributed by atoms with E-state index in [1.54, 1.807) is 22.4 Å². The molecule has 0 unspecified atom stereocenters. The van der Waals surface area contributed by atoms with Gasteiger partial charge >= 0.3 is 0 Å². The fourth-order valence-electron chi connectivity index (χ4n) is 3.02. The number of nitrogens with zero attached hydrogens (tertiary/aromatic N) is 2. The number of hydrogen-bond donors (Lipinski definition) is 0. The van der Waals surface area contributed by atoms with Crippen molar-refractivity contribution in [3.8, 4) is 22.8 Å². The van der Waals surface area contributed by atoms with E-state index in [1.807, 2.05) is 80.0 Å². The third kappa shape index (κ3) is 3.75. The zero-order chi connectivity index (χ0) is 19.5. The summed E-state index contributed by atoms with van der Waals surface area (Å²) in [6, 6.07) is 19.5. The van der Waals surface area contributed by atoms with Crippen LogP contribution < -0.4 is 0 Å². The molecule has 28 heavy (non-hydrogen) atoms. The second-order valence-electron chi connectivity index (χ2n) is 6.68. The van der Waals surface area contributed by atoms with Crippen LogP contribution in [0.5, 0.6) is 0 Å². The summed E-state index contributed by atoms with van der Waals surface area (Å²) < 4.78 is 5.99. The van der Waals surface area contributed by atoms with Gasteiger partial charge < -0.3 is 9.32 Å². The fourth-order valence-corrected chi connectivity index (χ4v) is 3.78. The van der Waals surface area contributed by atoms with Gasteiger partial charge in [0, 0.05) is 23.1 Å². The molecule has 4 aromatic rings. The van der Waals surface area contributed by atoms with E-state index in [0.717, 1.165) is 10.4 Å². The molecule has 0 atom stereocenters. The van der Waals surface area contributed by atoms with Crippen molar-refractivity contribution in [3.05, 3.63) is 88.2 Å². The standard InChI is InChI=1S/C23H20N2O2S/c1-16-9-11-17(12-10-16)21-14-24-22(27-21)19-7-3-4-8-20(19)23(26)25(2)15-18-6-5-13-28-18/h3-14H,15H2,1-2H3. The van der Waals surface area contributed by atoms with Gasteiger partial charge in [0.1, 0.15) is 0 Å². The Balaban J connectivity index is 1.63. The Labute approximate surface area is 168 Å². The quantitative estimate of drug-likeness (QED) is 0.444. The van der Waals surface area contributed by atoms with Gasteiger partial charge in [-0.1, -0.05) is 48.0 Å². The van der Waals surface area contributed by atoms with Gasteiger partial charge in [0.05, 0.1) is 18.3 Å². The van der Waals surface area contributed by atoms with Crippen molar-refractivity contribution in [1.82, 2.24) is 9.88 Å². The lowest BCUT2D eigenvalue weighted by Gasteiger charge is -2.17. The first-order valence-electron chi connectivity index (χ1n) is 9.02. The summed E-state index contributed by atoms with van der Waals surface area (Å²) >= 11 is 1.64. The van der Waals surface area contributed by atoms with Crippen molar-refractivity contribution < 1.29 is 9.21 Å². The molecule has 1 amide bonds. The third-order valence-electron chi connectivity index (χ3n) is 4.55. The zero-order valence-electron chi connectivity index (χ0n) is 15.8. The molecule has 2 aromatic heterocycles. The lowest BCUT2D eigenvalue weighted by molar-refractivity contribution is 0.0787. The average Bonchev–Trinajstić information content (AvgIpc) is 3.40. The van der Waals surface area contributed by atoms with E-state index in [0.29, 0.717) is 29.3 Å². The van der Waals surface area contributed by atoms with E-state index in [1.165, 1.54) is 5.56 Å². The molecule has 0 spiro atoms. The van der Waals surface area contributed by atoms with Crippen LogP contribution in [0.25, 0.3) is 22.8 Å². The van der Waals surface area contributed by atoms with Gasteiger partial charge in [0.2, 0.25) is 5.89 Å². The first-order valence-corrected chi connectivity index (χ1v) is 9.90. The molecule has 2 aromatic carbocycles. The van der Waals surface area contributed by atoms with Gasteiger partial charge in [-0.05, 0) is 30.5 Å². The highest BCUT2D eigenvalue weighted by Gasteiger charge is 2.20. The molecule has 0 saturated carbocycles. The first kappa shape index (κ1) is 18.2. The number of hydrogen-bond acceptors (Lipinski definition) is 4. The van der Waals surface area contributed by atoms with Crippen molar-refractivity contribution >= 4 is 17.2 Å². The molecule has 0 aliphatic rings. The largest absolute Gasteiger partial charge is 0.436 e. The summed E-state index contributed by atoms with van der Waals surface area (Å²) in [6.45, 7) is 2.62. The molecule has 4 nitrogen and oxygen atoms in total. The second kappa shape index (κ2) is 7.82. The third-order valence-corrected chi connectivity index (χ3v) is 5.41. The van der Waals surface area contributed by atoms with Crippen molar-refractivity contribution in [1.29, 1.82) is 0 Å². The predicted octanol–water partition coefficient (Wildman–Crippen LogP) is 5.65. The van der Waals surface area contributed by atoms with Crippen molar-refractivity contribution in [2.24, 2.45) is 0 Å². The molecule has 0 fully saturated rings. The smallest absolute Gasteiger partial charge is 0.254 e. The molecule has 0 aliphatic carbocycles. The number of benzene rings is 2. The van der Waals surface area contributed by atoms with Crippen molar-refractivity contribution in [2.45, 2.75) is 13.5 Å². The number of aryl methyl sites for hydroxylation is 1. The molecule has 5 heteroatoms. The molecular weight excluding hydrogens is 368 g/mol. The van der Waals surface area contributed by atoms with E-state index in [2.05, 4.69) is 4.98 Å². The van der Waals surface area contributed by atoms with E-state index in [4.69, 9.17) is 4.42 Å². The Morgan fingerprint density at radius 2 is 1.86 bits per heavy atom. The molecule has 0 saturated heterocycles. The van der Waals surface area contributed by atoms with Gasteiger partial charge in [-0.25, -0.2) is 4.98 Å². The van der Waals surface area contributed by atoms with Gasteiger partial charge in [0.25, 0.3) is 5.91 Å². The molecule has 0 aliphatic heterocycles. The van der Waals surface area contributed by atoms with Crippen molar-refractivity contribution in [3.63, 3.8) is 0 Å².